The van der Waals surface area contributed by atoms with Gasteiger partial charge in [0.15, 0.2) is 0 Å². The fourth-order valence-electron chi connectivity index (χ4n) is 2.14. The summed E-state index contributed by atoms with van der Waals surface area (Å²) in [6, 6.07) is 5.67. The highest BCUT2D eigenvalue weighted by Crippen LogP contribution is 2.23. The second-order valence-electron chi connectivity index (χ2n) is 4.82. The number of fused-ring (bicyclic) bond motifs is 1. The monoisotopic (exact) mass is 274 g/mol. The highest BCUT2D eigenvalue weighted by Gasteiger charge is 2.12. The normalized spacial score (nSPS) is 10.7. The lowest BCUT2D eigenvalue weighted by molar-refractivity contribution is -0.137. The molecule has 2 aromatic rings. The summed E-state index contributed by atoms with van der Waals surface area (Å²) in [5.74, 6) is 0.678. The molecule has 0 aliphatic carbocycles. The van der Waals surface area contributed by atoms with Gasteiger partial charge in [-0.25, -0.2) is 4.98 Å². The Balaban J connectivity index is 2.47. The number of aromatic nitrogens is 2. The van der Waals surface area contributed by atoms with Crippen LogP contribution in [0.5, 0.6) is 5.75 Å². The molecule has 5 nitrogen and oxygen atoms in total. The first-order valence-electron chi connectivity index (χ1n) is 6.40. The molecule has 1 heterocycles. The molecule has 0 atom stereocenters. The molecule has 2 rings (SSSR count). The summed E-state index contributed by atoms with van der Waals surface area (Å²) >= 11 is 0. The van der Waals surface area contributed by atoms with Crippen molar-refractivity contribution in [1.82, 2.24) is 9.55 Å². The number of imidazole rings is 1. The van der Waals surface area contributed by atoms with Gasteiger partial charge in [0.1, 0.15) is 11.6 Å². The summed E-state index contributed by atoms with van der Waals surface area (Å²) < 4.78 is 7.20. The van der Waals surface area contributed by atoms with E-state index in [1.165, 1.54) is 0 Å². The number of benzene rings is 1. The molecule has 0 fully saturated rings. The molecular weight excluding hydrogens is 256 g/mol. The lowest BCUT2D eigenvalue weighted by Gasteiger charge is -2.08. The zero-order valence-corrected chi connectivity index (χ0v) is 11.7. The topological polar surface area (TPSA) is 64.4 Å². The van der Waals surface area contributed by atoms with Crippen LogP contribution in [-0.4, -0.2) is 27.7 Å². The van der Waals surface area contributed by atoms with Gasteiger partial charge in [0.05, 0.1) is 24.6 Å². The maximum absolute atomic E-state index is 10.7. The minimum atomic E-state index is -0.823. The molecule has 1 aromatic heterocycles. The van der Waals surface area contributed by atoms with Crippen LogP contribution in [0.2, 0.25) is 0 Å². The van der Waals surface area contributed by atoms with Crippen molar-refractivity contribution in [1.29, 1.82) is 0 Å². The Morgan fingerprint density at radius 3 is 2.85 bits per heavy atom. The van der Waals surface area contributed by atoms with Gasteiger partial charge in [0.25, 0.3) is 0 Å². The van der Waals surface area contributed by atoms with Crippen molar-refractivity contribution >= 4 is 17.0 Å². The fourth-order valence-corrected chi connectivity index (χ4v) is 2.14. The van der Waals surface area contributed by atoms with Crippen LogP contribution in [0.25, 0.3) is 11.0 Å². The van der Waals surface area contributed by atoms with Gasteiger partial charge >= 0.3 is 5.97 Å². The Hall–Kier alpha value is -2.30. The second-order valence-corrected chi connectivity index (χ2v) is 4.82. The zero-order valence-electron chi connectivity index (χ0n) is 11.7. The number of allylic oxidation sites excluding steroid dienone is 1. The van der Waals surface area contributed by atoms with Crippen LogP contribution in [-0.2, 0) is 17.8 Å². The number of hydrogen-bond acceptors (Lipinski definition) is 3. The summed E-state index contributed by atoms with van der Waals surface area (Å²) in [7, 11) is 1.61. The van der Waals surface area contributed by atoms with Gasteiger partial charge in [-0.2, -0.15) is 0 Å². The number of carbonyl (C=O) groups is 1. The summed E-state index contributed by atoms with van der Waals surface area (Å²) in [6.45, 7) is 6.49. The molecule has 0 radical (unpaired) electrons. The number of aliphatic carboxylic acids is 1. The van der Waals surface area contributed by atoms with Crippen LogP contribution in [0.15, 0.2) is 30.4 Å². The Bertz CT molecular complexity index is 658. The van der Waals surface area contributed by atoms with Gasteiger partial charge in [0, 0.05) is 19.0 Å². The number of rotatable bonds is 6. The highest BCUT2D eigenvalue weighted by molar-refractivity contribution is 5.78. The SMILES string of the molecule is C=C(C)Cn1c(CCC(=O)O)nc2cc(OC)ccc21. The molecular formula is C15H18N2O3. The van der Waals surface area contributed by atoms with E-state index in [4.69, 9.17) is 9.84 Å². The minimum absolute atomic E-state index is 0.0661. The molecule has 1 N–H and O–H groups in total. The van der Waals surface area contributed by atoms with Gasteiger partial charge in [0.2, 0.25) is 0 Å². The summed E-state index contributed by atoms with van der Waals surface area (Å²) in [6.07, 6.45) is 0.469. The predicted octanol–water partition coefficient (Wildman–Crippen LogP) is 2.64. The predicted molar refractivity (Wildman–Crippen MR) is 77.1 cm³/mol. The molecule has 20 heavy (non-hydrogen) atoms. The Morgan fingerprint density at radius 2 is 2.25 bits per heavy atom. The van der Waals surface area contributed by atoms with E-state index in [0.717, 1.165) is 28.2 Å². The number of ether oxygens (including phenoxy) is 1. The largest absolute Gasteiger partial charge is 0.497 e. The first-order chi connectivity index (χ1) is 9.51. The van der Waals surface area contributed by atoms with Crippen LogP contribution in [0.4, 0.5) is 0 Å². The van der Waals surface area contributed by atoms with Crippen molar-refractivity contribution in [2.45, 2.75) is 26.3 Å². The van der Waals surface area contributed by atoms with Crippen LogP contribution in [0.1, 0.15) is 19.2 Å². The smallest absolute Gasteiger partial charge is 0.303 e. The highest BCUT2D eigenvalue weighted by atomic mass is 16.5. The molecule has 0 spiro atoms. The van der Waals surface area contributed by atoms with E-state index in [1.807, 2.05) is 29.7 Å². The maximum atomic E-state index is 10.7. The van der Waals surface area contributed by atoms with Crippen LogP contribution in [0.3, 0.4) is 0 Å². The molecule has 0 unspecified atom stereocenters. The number of carboxylic acids is 1. The molecule has 0 saturated heterocycles. The summed E-state index contributed by atoms with van der Waals surface area (Å²) in [5, 5.41) is 8.83. The van der Waals surface area contributed by atoms with Gasteiger partial charge in [-0.15, -0.1) is 0 Å². The third-order valence-corrected chi connectivity index (χ3v) is 3.02. The summed E-state index contributed by atoms with van der Waals surface area (Å²) in [4.78, 5) is 15.3. The quantitative estimate of drug-likeness (QED) is 0.822. The molecule has 5 heteroatoms. The summed E-state index contributed by atoms with van der Waals surface area (Å²) in [5.41, 5.74) is 2.77. The first kappa shape index (κ1) is 14.1. The Morgan fingerprint density at radius 1 is 1.50 bits per heavy atom. The lowest BCUT2D eigenvalue weighted by Crippen LogP contribution is -2.07. The molecule has 0 saturated carbocycles. The van der Waals surface area contributed by atoms with Crippen molar-refractivity contribution in [3.63, 3.8) is 0 Å². The molecule has 0 bridgehead atoms. The van der Waals surface area contributed by atoms with E-state index in [2.05, 4.69) is 11.6 Å². The third kappa shape index (κ3) is 2.99. The van der Waals surface area contributed by atoms with Crippen LogP contribution in [0, 0.1) is 0 Å². The average Bonchev–Trinajstić information content (AvgIpc) is 2.73. The van der Waals surface area contributed by atoms with Crippen molar-refractivity contribution < 1.29 is 14.6 Å². The van der Waals surface area contributed by atoms with E-state index < -0.39 is 5.97 Å². The third-order valence-electron chi connectivity index (χ3n) is 3.02. The van der Waals surface area contributed by atoms with Crippen molar-refractivity contribution in [3.8, 4) is 5.75 Å². The lowest BCUT2D eigenvalue weighted by atomic mass is 10.2. The van der Waals surface area contributed by atoms with Crippen molar-refractivity contribution in [3.05, 3.63) is 36.2 Å². The second kappa shape index (κ2) is 5.77. The Labute approximate surface area is 117 Å². The van der Waals surface area contributed by atoms with Crippen molar-refractivity contribution in [2.75, 3.05) is 7.11 Å². The molecule has 106 valence electrons. The van der Waals surface area contributed by atoms with E-state index in [9.17, 15) is 4.79 Å². The van der Waals surface area contributed by atoms with E-state index in [0.29, 0.717) is 13.0 Å². The number of methoxy groups -OCH3 is 1. The standard InChI is InChI=1S/C15H18N2O3/c1-10(2)9-17-13-5-4-11(20-3)8-12(13)16-14(17)6-7-15(18)19/h4-5,8H,1,6-7,9H2,2-3H3,(H,18,19). The van der Waals surface area contributed by atoms with Gasteiger partial charge in [-0.1, -0.05) is 12.2 Å². The number of hydrogen-bond donors (Lipinski definition) is 1. The fraction of sp³-hybridized carbons (Fsp3) is 0.333. The molecule has 0 aliphatic heterocycles. The van der Waals surface area contributed by atoms with Gasteiger partial charge < -0.3 is 14.4 Å². The Kier molecular flexibility index (Phi) is 4.08. The minimum Gasteiger partial charge on any atom is -0.497 e. The van der Waals surface area contributed by atoms with Crippen molar-refractivity contribution in [2.24, 2.45) is 0 Å². The van der Waals surface area contributed by atoms with Gasteiger partial charge in [-0.3, -0.25) is 4.79 Å². The average molecular weight is 274 g/mol. The number of aryl methyl sites for hydroxylation is 1. The van der Waals surface area contributed by atoms with E-state index in [-0.39, 0.29) is 6.42 Å². The zero-order chi connectivity index (χ0) is 14.7. The number of carboxylic acid groups (broad SMARTS) is 1. The molecule has 0 amide bonds. The van der Waals surface area contributed by atoms with Crippen LogP contribution < -0.4 is 4.74 Å². The maximum Gasteiger partial charge on any atom is 0.303 e. The van der Waals surface area contributed by atoms with E-state index in [1.54, 1.807) is 7.11 Å². The van der Waals surface area contributed by atoms with Crippen LogP contribution >= 0.6 is 0 Å². The van der Waals surface area contributed by atoms with E-state index >= 15 is 0 Å². The first-order valence-corrected chi connectivity index (χ1v) is 6.40. The molecule has 0 aliphatic rings. The van der Waals surface area contributed by atoms with Gasteiger partial charge in [-0.05, 0) is 19.1 Å². The molecule has 1 aromatic carbocycles. The number of nitrogens with zero attached hydrogens (tertiary/aromatic N) is 2.